The number of hydrogen-bond acceptors (Lipinski definition) is 6. The van der Waals surface area contributed by atoms with Crippen LogP contribution in [0.25, 0.3) is 0 Å². The number of likely N-dealkylation sites (N-methyl/N-ethyl adjacent to an activating group) is 1. The van der Waals surface area contributed by atoms with Crippen LogP contribution in [0.5, 0.6) is 0 Å². The molecule has 4 heterocycles. The molecule has 1 aromatic rings. The third-order valence-electron chi connectivity index (χ3n) is 5.94. The van der Waals surface area contributed by atoms with Gasteiger partial charge >= 0.3 is 6.03 Å². The lowest BCUT2D eigenvalue weighted by molar-refractivity contribution is -0.0580. The van der Waals surface area contributed by atoms with Crippen LogP contribution < -0.4 is 4.90 Å². The fraction of sp³-hybridized carbons (Fsp3) is 0.765. The quantitative estimate of drug-likeness (QED) is 0.693. The Hall–Kier alpha value is -1.69. The molecule has 10 nitrogen and oxygen atoms in total. The average molecular weight is 413 g/mol. The van der Waals surface area contributed by atoms with Gasteiger partial charge in [0.15, 0.2) is 0 Å². The number of aliphatic hydroxyl groups is 1. The van der Waals surface area contributed by atoms with Crippen molar-refractivity contribution in [3.63, 3.8) is 0 Å². The lowest BCUT2D eigenvalue weighted by Crippen LogP contribution is -2.59. The first-order valence-electron chi connectivity index (χ1n) is 9.61. The lowest BCUT2D eigenvalue weighted by atomic mass is 9.92. The molecule has 3 aliphatic heterocycles. The zero-order valence-electron chi connectivity index (χ0n) is 16.4. The Morgan fingerprint density at radius 2 is 2.04 bits per heavy atom. The summed E-state index contributed by atoms with van der Waals surface area (Å²) in [5.41, 5.74) is -0.198. The van der Waals surface area contributed by atoms with Crippen molar-refractivity contribution in [1.29, 1.82) is 0 Å². The highest BCUT2D eigenvalue weighted by atomic mass is 32.2. The van der Waals surface area contributed by atoms with Crippen molar-refractivity contribution in [3.05, 3.63) is 12.4 Å². The molecule has 0 aromatic carbocycles. The molecule has 1 N–H and O–H groups in total. The van der Waals surface area contributed by atoms with E-state index in [1.54, 1.807) is 23.0 Å². The number of likely N-dealkylation sites (tertiary alicyclic amines) is 1. The zero-order valence-corrected chi connectivity index (χ0v) is 17.2. The smallest absolute Gasteiger partial charge is 0.324 e. The number of amides is 2. The van der Waals surface area contributed by atoms with E-state index in [0.717, 1.165) is 18.8 Å². The minimum absolute atomic E-state index is 0.00950. The summed E-state index contributed by atoms with van der Waals surface area (Å²) in [6.45, 7) is 3.96. The Morgan fingerprint density at radius 1 is 1.29 bits per heavy atom. The van der Waals surface area contributed by atoms with Crippen LogP contribution in [-0.4, -0.2) is 108 Å². The van der Waals surface area contributed by atoms with Crippen LogP contribution >= 0.6 is 0 Å². The van der Waals surface area contributed by atoms with Gasteiger partial charge in [-0.2, -0.15) is 9.40 Å². The summed E-state index contributed by atoms with van der Waals surface area (Å²) in [5.74, 6) is 0. The second kappa shape index (κ2) is 6.97. The van der Waals surface area contributed by atoms with E-state index in [1.807, 2.05) is 10.9 Å². The number of urea groups is 1. The van der Waals surface area contributed by atoms with Gasteiger partial charge in [0, 0.05) is 59.1 Å². The predicted octanol–water partition coefficient (Wildman–Crippen LogP) is -0.602. The topological polar surface area (TPSA) is 102 Å². The Balaban J connectivity index is 1.32. The lowest BCUT2D eigenvalue weighted by Gasteiger charge is -2.46. The minimum atomic E-state index is -3.28. The van der Waals surface area contributed by atoms with E-state index in [-0.39, 0.29) is 18.6 Å². The molecule has 1 atom stereocenters. The Kier molecular flexibility index (Phi) is 4.89. The summed E-state index contributed by atoms with van der Waals surface area (Å²) in [4.78, 5) is 17.7. The van der Waals surface area contributed by atoms with Crippen molar-refractivity contribution in [1.82, 2.24) is 23.9 Å². The van der Waals surface area contributed by atoms with Crippen LogP contribution in [0.3, 0.4) is 0 Å². The van der Waals surface area contributed by atoms with Crippen LogP contribution in [0.15, 0.2) is 12.4 Å². The van der Waals surface area contributed by atoms with Gasteiger partial charge in [-0.25, -0.2) is 13.2 Å². The van der Waals surface area contributed by atoms with Gasteiger partial charge in [-0.15, -0.1) is 0 Å². The average Bonchev–Trinajstić information content (AvgIpc) is 3.18. The van der Waals surface area contributed by atoms with E-state index in [4.69, 9.17) is 0 Å². The van der Waals surface area contributed by atoms with Gasteiger partial charge in [0.25, 0.3) is 0 Å². The van der Waals surface area contributed by atoms with E-state index in [0.29, 0.717) is 39.0 Å². The van der Waals surface area contributed by atoms with Crippen molar-refractivity contribution >= 4 is 21.7 Å². The number of hydrogen-bond donors (Lipinski definition) is 1. The van der Waals surface area contributed by atoms with Crippen molar-refractivity contribution in [2.45, 2.75) is 24.5 Å². The molecule has 0 saturated carbocycles. The molecule has 1 unspecified atom stereocenters. The molecule has 0 bridgehead atoms. The first-order chi connectivity index (χ1) is 13.1. The number of β-amino-alcohol motifs (C(OH)–C–C–N with tert-alkyl or cyclic N) is 1. The van der Waals surface area contributed by atoms with Crippen LogP contribution in [0, 0.1) is 0 Å². The van der Waals surface area contributed by atoms with Gasteiger partial charge in [0.2, 0.25) is 10.0 Å². The first kappa shape index (κ1) is 19.6. The fourth-order valence-corrected chi connectivity index (χ4v) is 5.23. The van der Waals surface area contributed by atoms with Crippen molar-refractivity contribution in [3.8, 4) is 0 Å². The third-order valence-corrected chi connectivity index (χ3v) is 7.19. The maximum Gasteiger partial charge on any atom is 0.324 e. The molecule has 3 saturated heterocycles. The SMILES string of the molecule is CN1CCN(c2cnn(C3CN(CC4(O)CCCN(S(C)(=O)=O)C4)C3)c2)C1=O. The predicted molar refractivity (Wildman–Crippen MR) is 104 cm³/mol. The van der Waals surface area contributed by atoms with Crippen LogP contribution in [0.2, 0.25) is 0 Å². The molecule has 0 aliphatic carbocycles. The van der Waals surface area contributed by atoms with Crippen LogP contribution in [0.1, 0.15) is 18.9 Å². The monoisotopic (exact) mass is 412 g/mol. The summed E-state index contributed by atoms with van der Waals surface area (Å²) in [7, 11) is -1.49. The van der Waals surface area contributed by atoms with Gasteiger partial charge in [-0.1, -0.05) is 0 Å². The molecule has 0 radical (unpaired) electrons. The summed E-state index contributed by atoms with van der Waals surface area (Å²) in [5, 5.41) is 15.3. The second-order valence-electron chi connectivity index (χ2n) is 8.31. The van der Waals surface area contributed by atoms with E-state index in [1.165, 1.54) is 10.6 Å². The van der Waals surface area contributed by atoms with Crippen LogP contribution in [-0.2, 0) is 10.0 Å². The molecular weight excluding hydrogens is 384 g/mol. The number of piperidine rings is 1. The third kappa shape index (κ3) is 3.76. The van der Waals surface area contributed by atoms with Crippen LogP contribution in [0.4, 0.5) is 10.5 Å². The molecule has 11 heteroatoms. The van der Waals surface area contributed by atoms with E-state index >= 15 is 0 Å². The van der Waals surface area contributed by atoms with Crippen molar-refractivity contribution in [2.75, 3.05) is 64.0 Å². The molecule has 28 heavy (non-hydrogen) atoms. The Bertz CT molecular complexity index is 852. The highest BCUT2D eigenvalue weighted by Gasteiger charge is 2.41. The molecule has 2 amide bonds. The van der Waals surface area contributed by atoms with E-state index < -0.39 is 15.6 Å². The Morgan fingerprint density at radius 3 is 2.68 bits per heavy atom. The number of aromatic nitrogens is 2. The zero-order chi connectivity index (χ0) is 20.1. The number of anilines is 1. The maximum absolute atomic E-state index is 12.1. The minimum Gasteiger partial charge on any atom is -0.387 e. The summed E-state index contributed by atoms with van der Waals surface area (Å²) in [6, 6.07) is 0.187. The molecule has 156 valence electrons. The fourth-order valence-electron chi connectivity index (χ4n) is 4.29. The van der Waals surface area contributed by atoms with Gasteiger partial charge < -0.3 is 10.0 Å². The van der Waals surface area contributed by atoms with Crippen molar-refractivity contribution < 1.29 is 18.3 Å². The van der Waals surface area contributed by atoms with E-state index in [2.05, 4.69) is 10.00 Å². The van der Waals surface area contributed by atoms with Gasteiger partial charge in [-0.3, -0.25) is 14.5 Å². The number of carbonyl (C=O) groups is 1. The summed E-state index contributed by atoms with van der Waals surface area (Å²) < 4.78 is 26.8. The standard InChI is InChI=1S/C17H28N6O4S/c1-19-6-7-22(16(19)24)14-8-18-23(11-14)15-9-20(10-15)12-17(25)4-3-5-21(13-17)28(2,26)27/h8,11,15,25H,3-7,9-10,12-13H2,1-2H3. The van der Waals surface area contributed by atoms with Gasteiger partial charge in [0.05, 0.1) is 29.8 Å². The molecule has 0 spiro atoms. The highest BCUT2D eigenvalue weighted by molar-refractivity contribution is 7.88. The van der Waals surface area contributed by atoms with Gasteiger partial charge in [-0.05, 0) is 12.8 Å². The number of nitrogens with zero attached hydrogens (tertiary/aromatic N) is 6. The summed E-state index contributed by atoms with van der Waals surface area (Å²) >= 11 is 0. The molecule has 3 aliphatic rings. The molecule has 1 aromatic heterocycles. The number of sulfonamides is 1. The largest absolute Gasteiger partial charge is 0.387 e. The molecule has 3 fully saturated rings. The highest BCUT2D eigenvalue weighted by Crippen LogP contribution is 2.29. The van der Waals surface area contributed by atoms with E-state index in [9.17, 15) is 18.3 Å². The molecule has 4 rings (SSSR count). The molecular formula is C17H28N6O4S. The first-order valence-corrected chi connectivity index (χ1v) is 11.5. The summed E-state index contributed by atoms with van der Waals surface area (Å²) in [6.07, 6.45) is 6.09. The number of carbonyl (C=O) groups excluding carboxylic acids is 1. The normalized spacial score (nSPS) is 28.2. The Labute approximate surface area is 165 Å². The maximum atomic E-state index is 12.1. The van der Waals surface area contributed by atoms with Crippen molar-refractivity contribution in [2.24, 2.45) is 0 Å². The number of rotatable bonds is 5. The van der Waals surface area contributed by atoms with Gasteiger partial charge in [0.1, 0.15) is 0 Å². The second-order valence-corrected chi connectivity index (χ2v) is 10.3.